The second-order valence-corrected chi connectivity index (χ2v) is 52.3. The van der Waals surface area contributed by atoms with E-state index in [0.717, 1.165) is 103 Å². The molecule has 0 bridgehead atoms. The Morgan fingerprint density at radius 3 is 0.195 bits per heavy atom. The van der Waals surface area contributed by atoms with Gasteiger partial charge in [0.1, 0.15) is 0 Å². The monoisotopic (exact) mass is 1930 g/mol. The van der Waals surface area contributed by atoms with Crippen molar-refractivity contribution in [2.24, 2.45) is 0 Å². The van der Waals surface area contributed by atoms with Crippen molar-refractivity contribution in [3.63, 3.8) is 0 Å². The summed E-state index contributed by atoms with van der Waals surface area (Å²) in [5, 5.41) is 0. The quantitative estimate of drug-likeness (QED) is 0.0312. The second-order valence-electron chi connectivity index (χ2n) is 39.0. The van der Waals surface area contributed by atoms with Gasteiger partial charge in [0.15, 0.2) is 0 Å². The smallest absolute Gasteiger partial charge is 0.0654 e. The van der Waals surface area contributed by atoms with Gasteiger partial charge < -0.3 is 0 Å². The van der Waals surface area contributed by atoms with E-state index in [0.29, 0.717) is 51.4 Å². The van der Waals surface area contributed by atoms with Gasteiger partial charge in [-0.1, -0.05) is 55.4 Å². The first-order valence-electron chi connectivity index (χ1n) is 54.4. The summed E-state index contributed by atoms with van der Waals surface area (Å²) in [6, 6.07) is 0. The van der Waals surface area contributed by atoms with Gasteiger partial charge in [-0.05, 0) is 0 Å². The molecule has 0 unspecified atom stereocenters. The fraction of sp³-hybridized carbons (Fsp3) is 1.00. The molecule has 0 saturated carbocycles. The topological polar surface area (TPSA) is 277 Å². The van der Waals surface area contributed by atoms with Crippen molar-refractivity contribution in [1.29, 1.82) is 0 Å². The Labute approximate surface area is 816 Å². The molecule has 123 heavy (non-hydrogen) atoms. The first kappa shape index (κ1) is 139. The average molecular weight is 1930 g/mol. The van der Waals surface area contributed by atoms with E-state index in [1.165, 1.54) is 411 Å². The summed E-state index contributed by atoms with van der Waals surface area (Å²) in [5.74, 6) is 0. The van der Waals surface area contributed by atoms with Gasteiger partial charge >= 0.3 is 767 Å². The number of unbranched alkanes of at least 4 members (excludes halogenated alkanes) is 80. The van der Waals surface area contributed by atoms with E-state index < -0.39 is 29.1 Å². The van der Waals surface area contributed by atoms with Gasteiger partial charge in [0, 0.05) is 0 Å². The van der Waals surface area contributed by atoms with Crippen molar-refractivity contribution in [2.45, 2.75) is 620 Å². The first-order chi connectivity index (χ1) is 57.6. The SMILES string of the molecule is CCCCCCCCCCCCCP([O-])([O-])([O-])CCCCCCCCCCCCC.CCCCCCCCCCCCCP([O-])([O-])([O-])CCCCCCCCCCCCC.CCCCCCCCCCCCCP([O-])([O-])([O-])CCCCCCCCCCCCC.CCCCCCCCCCCCCP([O-])([O-])([O-])CCCCCCCCCCCCC.[Ti+4].[Ti+4].[Ti+4]. The minimum absolute atomic E-state index is 0. The Bertz CT molecular complexity index is 1580. The molecular weight excluding hydrogens is 1710 g/mol. The third kappa shape index (κ3) is 125. The molecule has 0 aliphatic heterocycles. The minimum Gasteiger partial charge on any atom is -0.0654 e. The molecule has 0 aliphatic rings. The summed E-state index contributed by atoms with van der Waals surface area (Å²) < 4.78 is 0. The maximum absolute atomic E-state index is 12.2. The number of hydrogen-bond donors (Lipinski definition) is 0. The summed E-state index contributed by atoms with van der Waals surface area (Å²) in [7, 11) is -20.5. The van der Waals surface area contributed by atoms with E-state index in [9.17, 15) is 58.7 Å². The van der Waals surface area contributed by atoms with Gasteiger partial charge in [0.2, 0.25) is 0 Å². The minimum atomic E-state index is -5.11. The molecule has 0 aliphatic carbocycles. The van der Waals surface area contributed by atoms with E-state index in [1.807, 2.05) is 0 Å². The molecule has 0 N–H and O–H groups in total. The van der Waals surface area contributed by atoms with Gasteiger partial charge in [-0.3, -0.25) is 0 Å². The predicted molar refractivity (Wildman–Crippen MR) is 518 cm³/mol. The third-order valence-electron chi connectivity index (χ3n) is 25.5. The van der Waals surface area contributed by atoms with Crippen LogP contribution in [0.4, 0.5) is 0 Å². The van der Waals surface area contributed by atoms with Crippen LogP contribution < -0.4 is 58.7 Å². The first-order valence-corrected chi connectivity index (χ1v) is 63.8. The molecule has 0 saturated heterocycles. The van der Waals surface area contributed by atoms with Crippen molar-refractivity contribution >= 4 is 29.1 Å². The average Bonchev–Trinajstić information content (AvgIpc) is 0.857. The van der Waals surface area contributed by atoms with E-state index in [2.05, 4.69) is 55.4 Å². The molecule has 736 valence electrons. The Morgan fingerprint density at radius 1 is 0.0894 bits per heavy atom. The van der Waals surface area contributed by atoms with Gasteiger partial charge in [-0.15, -0.1) is 0 Å². The molecule has 0 atom stereocenters. The van der Waals surface area contributed by atoms with Crippen LogP contribution in [-0.4, -0.2) is 49.3 Å². The molecule has 0 rings (SSSR count). The van der Waals surface area contributed by atoms with Gasteiger partial charge in [-0.25, -0.2) is 0 Å². The fourth-order valence-electron chi connectivity index (χ4n) is 17.1. The van der Waals surface area contributed by atoms with Crippen LogP contribution in [0.25, 0.3) is 0 Å². The summed E-state index contributed by atoms with van der Waals surface area (Å²) in [6.07, 6.45) is 102. The fourth-order valence-corrected chi connectivity index (χ4v) is 24.7. The molecule has 12 nitrogen and oxygen atoms in total. The van der Waals surface area contributed by atoms with Crippen LogP contribution in [0.1, 0.15) is 620 Å². The van der Waals surface area contributed by atoms with Gasteiger partial charge in [-0.2, -0.15) is 0 Å². The van der Waals surface area contributed by atoms with Crippen molar-refractivity contribution in [2.75, 3.05) is 49.3 Å². The van der Waals surface area contributed by atoms with Gasteiger partial charge in [0.25, 0.3) is 0 Å². The Balaban J connectivity index is -0.000000289. The molecule has 0 aromatic rings. The molecule has 0 heterocycles. The molecule has 0 aromatic heterocycles. The standard InChI is InChI=1S/4C26H54O3P.3Ti/c4*1-3-5-7-9-11-13-15-17-19-21-23-25-30(27,28,29)26-24-22-20-18-16-14-12-10-8-6-4-2;;;/h4*3-26H2,1-2H3;;;/q4*-3;3*+4. The zero-order valence-corrected chi connectivity index (χ0v) is 92.3. The molecule has 0 fully saturated rings. The molecule has 0 aromatic carbocycles. The zero-order chi connectivity index (χ0) is 89.7. The van der Waals surface area contributed by atoms with Crippen LogP contribution in [0, 0.1) is 0 Å². The van der Waals surface area contributed by atoms with E-state index in [4.69, 9.17) is 0 Å². The summed E-state index contributed by atoms with van der Waals surface area (Å²) in [4.78, 5) is 147. The van der Waals surface area contributed by atoms with Crippen LogP contribution in [-0.2, 0) is 65.2 Å². The number of hydrogen-bond acceptors (Lipinski definition) is 12. The van der Waals surface area contributed by atoms with E-state index in [1.54, 1.807) is 0 Å². The van der Waals surface area contributed by atoms with Crippen LogP contribution in [0.3, 0.4) is 0 Å². The van der Waals surface area contributed by atoms with Crippen LogP contribution >= 0.6 is 29.1 Å². The van der Waals surface area contributed by atoms with E-state index in [-0.39, 0.29) is 114 Å². The Kier molecular flexibility index (Phi) is 113. The van der Waals surface area contributed by atoms with Crippen LogP contribution in [0.15, 0.2) is 0 Å². The summed E-state index contributed by atoms with van der Waals surface area (Å²) in [5.41, 5.74) is 0. The molecule has 0 amide bonds. The predicted octanol–water partition coefficient (Wildman–Crippen LogP) is 27.9. The normalized spacial score (nSPS) is 13.1. The van der Waals surface area contributed by atoms with Crippen molar-refractivity contribution in [3.8, 4) is 0 Å². The van der Waals surface area contributed by atoms with Crippen molar-refractivity contribution in [3.05, 3.63) is 0 Å². The Morgan fingerprint density at radius 2 is 0.138 bits per heavy atom. The zero-order valence-electron chi connectivity index (χ0n) is 84.1. The molecule has 19 heteroatoms. The van der Waals surface area contributed by atoms with E-state index >= 15 is 0 Å². The third-order valence-corrected chi connectivity index (χ3v) is 35.0. The summed E-state index contributed by atoms with van der Waals surface area (Å²) in [6.45, 7) is 17.9. The second kappa shape index (κ2) is 99.8. The van der Waals surface area contributed by atoms with Crippen molar-refractivity contribution in [1.82, 2.24) is 0 Å². The summed E-state index contributed by atoms with van der Waals surface area (Å²) >= 11 is 0. The molecule has 0 radical (unpaired) electrons. The molecule has 0 spiro atoms. The molecular formula is C104H216O12P4Ti3. The Hall–Kier alpha value is 3.38. The maximum atomic E-state index is 12.2. The van der Waals surface area contributed by atoms with Crippen LogP contribution in [0.2, 0.25) is 0 Å². The van der Waals surface area contributed by atoms with Crippen molar-refractivity contribution < 1.29 is 124 Å². The van der Waals surface area contributed by atoms with Gasteiger partial charge in [0.05, 0.1) is 0 Å². The number of rotatable bonds is 96. The van der Waals surface area contributed by atoms with Crippen LogP contribution in [0.5, 0.6) is 0 Å².